The molecule has 0 radical (unpaired) electrons. The lowest BCUT2D eigenvalue weighted by atomic mass is 9.67. The van der Waals surface area contributed by atoms with Gasteiger partial charge in [0.2, 0.25) is 0 Å². The van der Waals surface area contributed by atoms with Crippen molar-refractivity contribution in [2.75, 3.05) is 0 Å². The van der Waals surface area contributed by atoms with Gasteiger partial charge in [0.25, 0.3) is 6.92 Å². The highest BCUT2D eigenvalue weighted by molar-refractivity contribution is 6.62. The van der Waals surface area contributed by atoms with Gasteiger partial charge < -0.3 is 24.4 Å². The highest BCUT2D eigenvalue weighted by atomic mass is 16.7. The summed E-state index contributed by atoms with van der Waals surface area (Å²) in [6, 6.07) is 42.8. The molecule has 51 heavy (non-hydrogen) atoms. The van der Waals surface area contributed by atoms with Crippen LogP contribution in [0.2, 0.25) is 13.1 Å². The molecular weight excluding hydrogens is 629 g/mol. The van der Waals surface area contributed by atoms with E-state index >= 15 is 0 Å². The van der Waals surface area contributed by atoms with Crippen molar-refractivity contribution in [1.29, 1.82) is 0 Å². The fourth-order valence-electron chi connectivity index (χ4n) is 5.51. The Balaban J connectivity index is 0.000000194. The van der Waals surface area contributed by atoms with Gasteiger partial charge in [0.1, 0.15) is 0 Å². The van der Waals surface area contributed by atoms with Gasteiger partial charge in [0, 0.05) is 0 Å². The number of benzene rings is 6. The number of aryl methyl sites for hydroxylation is 1. The first-order chi connectivity index (χ1) is 23.8. The molecule has 1 aliphatic rings. The summed E-state index contributed by atoms with van der Waals surface area (Å²) in [6.45, 7) is 14.3. The molecule has 0 unspecified atom stereocenters. The molecule has 5 nitrogen and oxygen atoms in total. The summed E-state index contributed by atoms with van der Waals surface area (Å²) in [7, 11) is -1.67. The minimum absolute atomic E-state index is 0. The van der Waals surface area contributed by atoms with Crippen LogP contribution in [0.4, 0.5) is 0 Å². The summed E-state index contributed by atoms with van der Waals surface area (Å²) in [4.78, 5) is 0. The topological polar surface area (TPSA) is 79.2 Å². The summed E-state index contributed by atoms with van der Waals surface area (Å²) in [6.07, 6.45) is 3.29. The molecule has 3 N–H and O–H groups in total. The standard InChI is InChI=1S/C16H19BO2.C11H10.C10H9BO2.C5H13BO.CH4/c1-15(2)16(3,4)19-17(18-15)14-10-9-12-7-5-6-8-13(12)11-14;1-9-6-7-10-4-2-3-5-11(10)8-9;12-11(13)10-6-5-8-3-1-2-4-9(8)7-10;1-3-4-5-6(2)7;/h5-11H,1-4H3;2-8H,1H3;1-7,12-13H;7H,3-5H2,1-2H3;1H4. The third-order valence-corrected chi connectivity index (χ3v) is 9.25. The monoisotopic (exact) mass is 684 g/mol. The van der Waals surface area contributed by atoms with Crippen LogP contribution >= 0.6 is 0 Å². The van der Waals surface area contributed by atoms with E-state index in [0.29, 0.717) is 5.46 Å². The Bertz CT molecular complexity index is 1940. The fourth-order valence-corrected chi connectivity index (χ4v) is 5.51. The molecular formula is C43H55B3O5. The number of hydrogen-bond donors (Lipinski definition) is 3. The third kappa shape index (κ3) is 11.8. The Labute approximate surface area is 307 Å². The summed E-state index contributed by atoms with van der Waals surface area (Å²) in [5.74, 6) is 0. The first-order valence-electron chi connectivity index (χ1n) is 17.6. The number of fused-ring (bicyclic) bond motifs is 3. The second-order valence-electron chi connectivity index (χ2n) is 14.0. The van der Waals surface area contributed by atoms with E-state index in [1.54, 1.807) is 12.1 Å². The molecule has 0 spiro atoms. The maximum atomic E-state index is 8.94. The van der Waals surface area contributed by atoms with E-state index in [9.17, 15) is 0 Å². The molecule has 0 amide bonds. The van der Waals surface area contributed by atoms with Crippen LogP contribution in [-0.2, 0) is 9.31 Å². The summed E-state index contributed by atoms with van der Waals surface area (Å²) in [5.41, 5.74) is 2.35. The van der Waals surface area contributed by atoms with Gasteiger partial charge in [-0.1, -0.05) is 167 Å². The van der Waals surface area contributed by atoms with Crippen LogP contribution in [0.25, 0.3) is 32.3 Å². The maximum Gasteiger partial charge on any atom is 0.494 e. The summed E-state index contributed by atoms with van der Waals surface area (Å²) in [5, 5.41) is 33.8. The first kappa shape index (κ1) is 41.5. The highest BCUT2D eigenvalue weighted by Crippen LogP contribution is 2.36. The van der Waals surface area contributed by atoms with E-state index in [1.165, 1.54) is 33.5 Å². The van der Waals surface area contributed by atoms with Crippen LogP contribution in [0, 0.1) is 6.92 Å². The summed E-state index contributed by atoms with van der Waals surface area (Å²) >= 11 is 0. The molecule has 1 saturated heterocycles. The van der Waals surface area contributed by atoms with E-state index in [2.05, 4.69) is 126 Å². The minimum atomic E-state index is -1.38. The molecule has 0 saturated carbocycles. The van der Waals surface area contributed by atoms with Gasteiger partial charge in [0.15, 0.2) is 0 Å². The normalized spacial score (nSPS) is 13.9. The maximum absolute atomic E-state index is 8.94. The molecule has 1 aliphatic heterocycles. The second kappa shape index (κ2) is 19.1. The van der Waals surface area contributed by atoms with Crippen LogP contribution in [0.15, 0.2) is 127 Å². The third-order valence-electron chi connectivity index (χ3n) is 9.25. The predicted molar refractivity (Wildman–Crippen MR) is 222 cm³/mol. The lowest BCUT2D eigenvalue weighted by Gasteiger charge is -2.32. The average molecular weight is 684 g/mol. The van der Waals surface area contributed by atoms with Crippen LogP contribution in [0.3, 0.4) is 0 Å². The van der Waals surface area contributed by atoms with Crippen molar-refractivity contribution in [1.82, 2.24) is 0 Å². The molecule has 0 atom stereocenters. The van der Waals surface area contributed by atoms with E-state index < -0.39 is 7.12 Å². The largest absolute Gasteiger partial charge is 0.494 e. The molecule has 266 valence electrons. The van der Waals surface area contributed by atoms with Crippen molar-refractivity contribution < 1.29 is 24.4 Å². The molecule has 7 rings (SSSR count). The highest BCUT2D eigenvalue weighted by Gasteiger charge is 2.51. The lowest BCUT2D eigenvalue weighted by molar-refractivity contribution is 0.00578. The minimum Gasteiger partial charge on any atom is -0.451 e. The van der Waals surface area contributed by atoms with Crippen molar-refractivity contribution in [3.63, 3.8) is 0 Å². The van der Waals surface area contributed by atoms with Gasteiger partial charge in [-0.25, -0.2) is 0 Å². The molecule has 1 heterocycles. The van der Waals surface area contributed by atoms with Crippen molar-refractivity contribution in [2.45, 2.75) is 86.2 Å². The van der Waals surface area contributed by atoms with E-state index in [0.717, 1.165) is 29.0 Å². The van der Waals surface area contributed by atoms with Gasteiger partial charge in [-0.3, -0.25) is 0 Å². The van der Waals surface area contributed by atoms with Crippen LogP contribution in [0.5, 0.6) is 0 Å². The smallest absolute Gasteiger partial charge is 0.451 e. The van der Waals surface area contributed by atoms with E-state index in [4.69, 9.17) is 24.4 Å². The average Bonchev–Trinajstić information content (AvgIpc) is 3.33. The Kier molecular flexibility index (Phi) is 15.5. The van der Waals surface area contributed by atoms with Crippen molar-refractivity contribution in [2.24, 2.45) is 0 Å². The Morgan fingerprint density at radius 3 is 1.47 bits per heavy atom. The van der Waals surface area contributed by atoms with Gasteiger partial charge in [0.05, 0.1) is 11.2 Å². The molecule has 8 heteroatoms. The molecule has 0 bridgehead atoms. The summed E-state index contributed by atoms with van der Waals surface area (Å²) < 4.78 is 12.2. The van der Waals surface area contributed by atoms with Gasteiger partial charge in [-0.05, 0) is 84.2 Å². The van der Waals surface area contributed by atoms with Crippen molar-refractivity contribution in [3.8, 4) is 0 Å². The predicted octanol–water partition coefficient (Wildman–Crippen LogP) is 8.84. The Hall–Kier alpha value is -3.91. The van der Waals surface area contributed by atoms with Crippen LogP contribution in [0.1, 0.15) is 60.5 Å². The van der Waals surface area contributed by atoms with Gasteiger partial charge in [-0.2, -0.15) is 0 Å². The number of rotatable bonds is 5. The molecule has 6 aromatic rings. The lowest BCUT2D eigenvalue weighted by Crippen LogP contribution is -2.41. The molecule has 6 aromatic carbocycles. The SMILES string of the molecule is C.CC1(C)OB(c2ccc3ccccc3c2)OC1(C)C.CCCCB(C)O.Cc1ccc2ccccc2c1.OB(O)c1ccc2ccccc2c1. The molecule has 0 aliphatic carbocycles. The molecule has 1 fully saturated rings. The fraction of sp³-hybridized carbons (Fsp3) is 0.302. The Morgan fingerprint density at radius 2 is 1.02 bits per heavy atom. The zero-order valence-electron chi connectivity index (χ0n) is 30.6. The van der Waals surface area contributed by atoms with Crippen LogP contribution < -0.4 is 10.9 Å². The Morgan fingerprint density at radius 1 is 0.588 bits per heavy atom. The van der Waals surface area contributed by atoms with Crippen molar-refractivity contribution >= 4 is 64.4 Å². The van der Waals surface area contributed by atoms with Crippen LogP contribution in [-0.4, -0.2) is 47.4 Å². The number of unbranched alkanes of at least 4 members (excludes halogenated alkanes) is 1. The van der Waals surface area contributed by atoms with E-state index in [1.807, 2.05) is 37.2 Å². The second-order valence-corrected chi connectivity index (χ2v) is 14.0. The zero-order chi connectivity index (χ0) is 36.3. The van der Waals surface area contributed by atoms with E-state index in [-0.39, 0.29) is 32.7 Å². The zero-order valence-corrected chi connectivity index (χ0v) is 30.6. The number of hydrogen-bond acceptors (Lipinski definition) is 5. The molecule has 0 aromatic heterocycles. The first-order valence-corrected chi connectivity index (χ1v) is 17.6. The van der Waals surface area contributed by atoms with Crippen molar-refractivity contribution in [3.05, 3.63) is 133 Å². The van der Waals surface area contributed by atoms with Gasteiger partial charge in [-0.15, -0.1) is 0 Å². The van der Waals surface area contributed by atoms with Gasteiger partial charge >= 0.3 is 14.2 Å². The quantitative estimate of drug-likeness (QED) is 0.158.